The number of esters is 1. The molecule has 0 saturated heterocycles. The second-order valence-corrected chi connectivity index (χ2v) is 2.97. The highest BCUT2D eigenvalue weighted by molar-refractivity contribution is 5.87. The number of rotatable bonds is 2. The number of hydrogen-bond acceptors (Lipinski definition) is 3. The summed E-state index contributed by atoms with van der Waals surface area (Å²) in [6, 6.07) is 5.52. The van der Waals surface area contributed by atoms with Crippen LogP contribution >= 0.6 is 0 Å². The molecule has 1 aromatic carbocycles. The molecule has 3 heteroatoms. The van der Waals surface area contributed by atoms with E-state index in [2.05, 4.69) is 4.74 Å². The van der Waals surface area contributed by atoms with E-state index in [4.69, 9.17) is 5.73 Å². The molecule has 1 aromatic rings. The molecule has 0 spiro atoms. The zero-order valence-electron chi connectivity index (χ0n) is 8.28. The van der Waals surface area contributed by atoms with Gasteiger partial charge in [-0.3, -0.25) is 0 Å². The molecule has 0 aliphatic rings. The molecule has 0 saturated carbocycles. The van der Waals surface area contributed by atoms with E-state index in [0.717, 1.165) is 16.8 Å². The molecule has 0 atom stereocenters. The predicted molar refractivity (Wildman–Crippen MR) is 56.6 cm³/mol. The smallest absolute Gasteiger partial charge is 0.330 e. The largest absolute Gasteiger partial charge is 0.466 e. The van der Waals surface area contributed by atoms with E-state index >= 15 is 0 Å². The van der Waals surface area contributed by atoms with Crippen molar-refractivity contribution in [2.45, 2.75) is 6.92 Å². The average molecular weight is 191 g/mol. The first-order chi connectivity index (χ1) is 6.63. The molecule has 0 aromatic heterocycles. The quantitative estimate of drug-likeness (QED) is 0.440. The number of hydrogen-bond donors (Lipinski definition) is 1. The average Bonchev–Trinajstić information content (AvgIpc) is 2.16. The van der Waals surface area contributed by atoms with Crippen LogP contribution in [0.2, 0.25) is 0 Å². The Hall–Kier alpha value is -1.77. The van der Waals surface area contributed by atoms with Crippen molar-refractivity contribution >= 4 is 17.7 Å². The molecule has 74 valence electrons. The van der Waals surface area contributed by atoms with Gasteiger partial charge in [-0.15, -0.1) is 0 Å². The van der Waals surface area contributed by atoms with Gasteiger partial charge in [0.2, 0.25) is 0 Å². The third-order valence-electron chi connectivity index (χ3n) is 1.89. The van der Waals surface area contributed by atoms with E-state index in [1.807, 2.05) is 19.1 Å². The maximum Gasteiger partial charge on any atom is 0.330 e. The Morgan fingerprint density at radius 3 is 2.79 bits per heavy atom. The van der Waals surface area contributed by atoms with E-state index in [1.165, 1.54) is 13.2 Å². The lowest BCUT2D eigenvalue weighted by atomic mass is 10.1. The fourth-order valence-electron chi connectivity index (χ4n) is 1.11. The lowest BCUT2D eigenvalue weighted by Gasteiger charge is -2.00. The number of anilines is 1. The van der Waals surface area contributed by atoms with Gasteiger partial charge in [-0.05, 0) is 36.3 Å². The number of ether oxygens (including phenoxy) is 1. The van der Waals surface area contributed by atoms with Crippen molar-refractivity contribution in [1.82, 2.24) is 0 Å². The minimum absolute atomic E-state index is 0.360. The van der Waals surface area contributed by atoms with Gasteiger partial charge in [0.15, 0.2) is 0 Å². The first-order valence-corrected chi connectivity index (χ1v) is 4.25. The van der Waals surface area contributed by atoms with Crippen LogP contribution in [0, 0.1) is 6.92 Å². The van der Waals surface area contributed by atoms with Crippen LogP contribution in [0.3, 0.4) is 0 Å². The molecule has 3 nitrogen and oxygen atoms in total. The van der Waals surface area contributed by atoms with Crippen molar-refractivity contribution in [2.75, 3.05) is 12.8 Å². The van der Waals surface area contributed by atoms with Crippen LogP contribution in [0.5, 0.6) is 0 Å². The van der Waals surface area contributed by atoms with Crippen LogP contribution < -0.4 is 5.73 Å². The lowest BCUT2D eigenvalue weighted by Crippen LogP contribution is -1.94. The number of carbonyl (C=O) groups is 1. The summed E-state index contributed by atoms with van der Waals surface area (Å²) >= 11 is 0. The summed E-state index contributed by atoms with van der Waals surface area (Å²) in [5.41, 5.74) is 8.31. The normalized spacial score (nSPS) is 10.4. The minimum Gasteiger partial charge on any atom is -0.466 e. The first-order valence-electron chi connectivity index (χ1n) is 4.25. The third kappa shape index (κ3) is 2.62. The molecule has 0 aliphatic carbocycles. The van der Waals surface area contributed by atoms with Crippen LogP contribution in [-0.4, -0.2) is 13.1 Å². The SMILES string of the molecule is COC(=O)C=Cc1ccc(N)cc1C. The maximum absolute atomic E-state index is 10.8. The number of carbonyl (C=O) groups excluding carboxylic acids is 1. The van der Waals surface area contributed by atoms with E-state index < -0.39 is 0 Å². The number of benzene rings is 1. The summed E-state index contributed by atoms with van der Waals surface area (Å²) in [7, 11) is 1.35. The molecule has 0 fully saturated rings. The first kappa shape index (κ1) is 10.3. The Labute approximate surface area is 83.2 Å². The van der Waals surface area contributed by atoms with Gasteiger partial charge in [-0.1, -0.05) is 6.07 Å². The van der Waals surface area contributed by atoms with Crippen molar-refractivity contribution in [3.63, 3.8) is 0 Å². The molecular formula is C11H13NO2. The Morgan fingerprint density at radius 1 is 1.50 bits per heavy atom. The van der Waals surface area contributed by atoms with Gasteiger partial charge in [0, 0.05) is 11.8 Å². The van der Waals surface area contributed by atoms with Crippen LogP contribution in [0.4, 0.5) is 5.69 Å². The Morgan fingerprint density at radius 2 is 2.21 bits per heavy atom. The molecule has 0 bridgehead atoms. The zero-order valence-corrected chi connectivity index (χ0v) is 8.28. The third-order valence-corrected chi connectivity index (χ3v) is 1.89. The van der Waals surface area contributed by atoms with Gasteiger partial charge in [0.1, 0.15) is 0 Å². The van der Waals surface area contributed by atoms with Gasteiger partial charge in [0.05, 0.1) is 7.11 Å². The van der Waals surface area contributed by atoms with Crippen molar-refractivity contribution in [2.24, 2.45) is 0 Å². The van der Waals surface area contributed by atoms with E-state index in [9.17, 15) is 4.79 Å². The summed E-state index contributed by atoms with van der Waals surface area (Å²) in [6.45, 7) is 1.94. The van der Waals surface area contributed by atoms with E-state index in [-0.39, 0.29) is 5.97 Å². The second-order valence-electron chi connectivity index (χ2n) is 2.97. The molecule has 0 radical (unpaired) electrons. The van der Waals surface area contributed by atoms with Crippen molar-refractivity contribution in [1.29, 1.82) is 0 Å². The summed E-state index contributed by atoms with van der Waals surface area (Å²) in [5.74, 6) is -0.360. The lowest BCUT2D eigenvalue weighted by molar-refractivity contribution is -0.134. The number of aryl methyl sites for hydroxylation is 1. The molecule has 0 amide bonds. The monoisotopic (exact) mass is 191 g/mol. The highest BCUT2D eigenvalue weighted by Crippen LogP contribution is 2.13. The van der Waals surface area contributed by atoms with Crippen molar-refractivity contribution in [3.8, 4) is 0 Å². The molecule has 0 aliphatic heterocycles. The summed E-state index contributed by atoms with van der Waals surface area (Å²) < 4.78 is 4.49. The van der Waals surface area contributed by atoms with E-state index in [1.54, 1.807) is 12.1 Å². The van der Waals surface area contributed by atoms with Crippen LogP contribution in [0.1, 0.15) is 11.1 Å². The minimum atomic E-state index is -0.360. The fraction of sp³-hybridized carbons (Fsp3) is 0.182. The fourth-order valence-corrected chi connectivity index (χ4v) is 1.11. The molecular weight excluding hydrogens is 178 g/mol. The Bertz CT molecular complexity index is 370. The summed E-state index contributed by atoms with van der Waals surface area (Å²) in [5, 5.41) is 0. The number of nitrogen functional groups attached to an aromatic ring is 1. The number of methoxy groups -OCH3 is 1. The summed E-state index contributed by atoms with van der Waals surface area (Å²) in [6.07, 6.45) is 3.10. The zero-order chi connectivity index (χ0) is 10.6. The number of nitrogens with two attached hydrogens (primary N) is 1. The molecule has 1 rings (SSSR count). The molecule has 0 heterocycles. The molecule has 2 N–H and O–H groups in total. The van der Waals surface area contributed by atoms with Crippen LogP contribution in [0.15, 0.2) is 24.3 Å². The summed E-state index contributed by atoms with van der Waals surface area (Å²) in [4.78, 5) is 10.8. The van der Waals surface area contributed by atoms with Gasteiger partial charge < -0.3 is 10.5 Å². The van der Waals surface area contributed by atoms with Gasteiger partial charge in [-0.2, -0.15) is 0 Å². The van der Waals surface area contributed by atoms with Crippen molar-refractivity contribution < 1.29 is 9.53 Å². The van der Waals surface area contributed by atoms with Gasteiger partial charge in [0.25, 0.3) is 0 Å². The Balaban J connectivity index is 2.87. The Kier molecular flexibility index (Phi) is 3.29. The maximum atomic E-state index is 10.8. The molecule has 0 unspecified atom stereocenters. The van der Waals surface area contributed by atoms with Gasteiger partial charge in [-0.25, -0.2) is 4.79 Å². The molecule has 14 heavy (non-hydrogen) atoms. The van der Waals surface area contributed by atoms with Crippen LogP contribution in [-0.2, 0) is 9.53 Å². The topological polar surface area (TPSA) is 52.3 Å². The van der Waals surface area contributed by atoms with E-state index in [0.29, 0.717) is 0 Å². The highest BCUT2D eigenvalue weighted by Gasteiger charge is 1.96. The predicted octanol–water partition coefficient (Wildman–Crippen LogP) is 1.76. The van der Waals surface area contributed by atoms with Crippen molar-refractivity contribution in [3.05, 3.63) is 35.4 Å². The van der Waals surface area contributed by atoms with Gasteiger partial charge >= 0.3 is 5.97 Å². The standard InChI is InChI=1S/C11H13NO2/c1-8-7-10(12)5-3-9(8)4-6-11(13)14-2/h3-7H,12H2,1-2H3. The highest BCUT2D eigenvalue weighted by atomic mass is 16.5. The van der Waals surface area contributed by atoms with Crippen LogP contribution in [0.25, 0.3) is 6.08 Å². The second kappa shape index (κ2) is 4.46.